The fraction of sp³-hybridized carbons (Fsp3) is 0.158. The van der Waals surface area contributed by atoms with E-state index in [0.29, 0.717) is 36.1 Å². The fourth-order valence-electron chi connectivity index (χ4n) is 2.42. The Kier molecular flexibility index (Phi) is 5.91. The minimum Gasteiger partial charge on any atom is -0.478 e. The van der Waals surface area contributed by atoms with E-state index in [4.69, 9.17) is 10.2 Å². The first-order valence-electron chi connectivity index (χ1n) is 8.40. The lowest BCUT2D eigenvalue weighted by Crippen LogP contribution is -2.05. The first-order valence-corrected chi connectivity index (χ1v) is 8.40. The number of aromatic nitrogens is 3. The summed E-state index contributed by atoms with van der Waals surface area (Å²) in [5.74, 6) is 0.0659. The van der Waals surface area contributed by atoms with Crippen molar-refractivity contribution in [3.8, 4) is 11.3 Å². The minimum absolute atomic E-state index is 0.122. The van der Waals surface area contributed by atoms with Crippen LogP contribution in [-0.4, -0.2) is 44.3 Å². The highest BCUT2D eigenvalue weighted by molar-refractivity contribution is 5.89. The van der Waals surface area contributed by atoms with Gasteiger partial charge >= 0.3 is 5.97 Å². The lowest BCUT2D eigenvalue weighted by molar-refractivity contribution is 0.0697. The van der Waals surface area contributed by atoms with Gasteiger partial charge in [-0.25, -0.2) is 19.7 Å². The van der Waals surface area contributed by atoms with Crippen LogP contribution < -0.4 is 10.6 Å². The number of carboxylic acids is 1. The molecule has 0 aliphatic carbocycles. The van der Waals surface area contributed by atoms with E-state index in [2.05, 4.69) is 25.6 Å². The molecule has 0 aliphatic heterocycles. The van der Waals surface area contributed by atoms with E-state index in [1.807, 2.05) is 12.1 Å². The normalized spacial score (nSPS) is 10.4. The van der Waals surface area contributed by atoms with Gasteiger partial charge in [0.05, 0.1) is 11.3 Å². The van der Waals surface area contributed by atoms with Gasteiger partial charge in [-0.2, -0.15) is 0 Å². The van der Waals surface area contributed by atoms with Crippen molar-refractivity contribution in [2.75, 3.05) is 23.8 Å². The molecular weight excluding hydrogens is 346 g/mol. The molecule has 8 heteroatoms. The van der Waals surface area contributed by atoms with Gasteiger partial charge in [0, 0.05) is 36.8 Å². The summed E-state index contributed by atoms with van der Waals surface area (Å²) >= 11 is 0. The van der Waals surface area contributed by atoms with Crippen LogP contribution in [0.1, 0.15) is 16.8 Å². The van der Waals surface area contributed by atoms with Gasteiger partial charge in [-0.15, -0.1) is 0 Å². The number of hydrogen-bond donors (Lipinski definition) is 4. The second kappa shape index (κ2) is 8.72. The van der Waals surface area contributed by atoms with Crippen LogP contribution in [0.25, 0.3) is 11.3 Å². The molecule has 0 unspecified atom stereocenters. The number of aliphatic hydroxyl groups is 1. The third-order valence-electron chi connectivity index (χ3n) is 3.72. The maximum atomic E-state index is 11.1. The van der Waals surface area contributed by atoms with E-state index in [9.17, 15) is 4.79 Å². The monoisotopic (exact) mass is 365 g/mol. The number of carbonyl (C=O) groups is 1. The number of hydrogen-bond acceptors (Lipinski definition) is 7. The Bertz CT molecular complexity index is 932. The Hall–Kier alpha value is -3.52. The molecule has 0 saturated heterocycles. The largest absolute Gasteiger partial charge is 0.478 e. The van der Waals surface area contributed by atoms with Crippen molar-refractivity contribution in [2.24, 2.45) is 0 Å². The maximum Gasteiger partial charge on any atom is 0.335 e. The van der Waals surface area contributed by atoms with Gasteiger partial charge in [-0.05, 0) is 42.8 Å². The van der Waals surface area contributed by atoms with Crippen molar-refractivity contribution in [2.45, 2.75) is 6.42 Å². The van der Waals surface area contributed by atoms with Crippen LogP contribution in [0.4, 0.5) is 17.5 Å². The van der Waals surface area contributed by atoms with E-state index >= 15 is 0 Å². The summed E-state index contributed by atoms with van der Waals surface area (Å²) < 4.78 is 0. The van der Waals surface area contributed by atoms with E-state index in [0.717, 1.165) is 5.56 Å². The molecule has 0 fully saturated rings. The summed E-state index contributed by atoms with van der Waals surface area (Å²) in [6.07, 6.45) is 3.95. The Morgan fingerprint density at radius 2 is 1.93 bits per heavy atom. The summed E-state index contributed by atoms with van der Waals surface area (Å²) in [7, 11) is 0. The zero-order chi connectivity index (χ0) is 19.1. The standard InChI is InChI=1S/C19H19N5O3/c25-10-2-7-20-17-12-13(5-8-21-17)16-6-9-22-19(24-16)23-15-4-1-3-14(11-15)18(26)27/h1,3-6,8-9,11-12,25H,2,7,10H2,(H,20,21)(H,26,27)(H,22,23,24). The molecule has 0 aliphatic rings. The van der Waals surface area contributed by atoms with E-state index in [1.54, 1.807) is 30.6 Å². The van der Waals surface area contributed by atoms with Crippen molar-refractivity contribution in [1.29, 1.82) is 0 Å². The van der Waals surface area contributed by atoms with Gasteiger partial charge in [0.1, 0.15) is 5.82 Å². The molecule has 0 saturated carbocycles. The lowest BCUT2D eigenvalue weighted by atomic mass is 10.2. The third kappa shape index (κ3) is 4.99. The highest BCUT2D eigenvalue weighted by atomic mass is 16.4. The zero-order valence-corrected chi connectivity index (χ0v) is 14.5. The molecule has 0 atom stereocenters. The first-order chi connectivity index (χ1) is 13.2. The van der Waals surface area contributed by atoms with Crippen LogP contribution in [0.15, 0.2) is 54.9 Å². The molecule has 0 amide bonds. The van der Waals surface area contributed by atoms with E-state index in [-0.39, 0.29) is 12.2 Å². The van der Waals surface area contributed by atoms with Crippen LogP contribution in [0.3, 0.4) is 0 Å². The summed E-state index contributed by atoms with van der Waals surface area (Å²) in [4.78, 5) is 24.0. The topological polar surface area (TPSA) is 120 Å². The average molecular weight is 365 g/mol. The summed E-state index contributed by atoms with van der Waals surface area (Å²) in [6.45, 7) is 0.750. The van der Waals surface area contributed by atoms with Crippen LogP contribution >= 0.6 is 0 Å². The van der Waals surface area contributed by atoms with Crippen molar-refractivity contribution in [3.63, 3.8) is 0 Å². The molecule has 0 radical (unpaired) electrons. The predicted octanol–water partition coefficient (Wildman–Crippen LogP) is 2.77. The van der Waals surface area contributed by atoms with Crippen molar-refractivity contribution in [1.82, 2.24) is 15.0 Å². The van der Waals surface area contributed by atoms with E-state index < -0.39 is 5.97 Å². The number of benzene rings is 1. The average Bonchev–Trinajstić information content (AvgIpc) is 2.69. The van der Waals surface area contributed by atoms with Gasteiger partial charge in [0.2, 0.25) is 5.95 Å². The van der Waals surface area contributed by atoms with Gasteiger partial charge in [-0.1, -0.05) is 6.07 Å². The molecule has 27 heavy (non-hydrogen) atoms. The Balaban J connectivity index is 1.78. The number of nitrogens with one attached hydrogen (secondary N) is 2. The molecule has 2 heterocycles. The second-order valence-corrected chi connectivity index (χ2v) is 5.71. The van der Waals surface area contributed by atoms with Crippen LogP contribution in [-0.2, 0) is 0 Å². The molecule has 2 aromatic heterocycles. The molecule has 0 bridgehead atoms. The number of aromatic carboxylic acids is 1. The Morgan fingerprint density at radius 3 is 2.74 bits per heavy atom. The fourth-order valence-corrected chi connectivity index (χ4v) is 2.42. The molecule has 3 aromatic rings. The molecule has 3 rings (SSSR count). The summed E-state index contributed by atoms with van der Waals surface area (Å²) in [5, 5.41) is 24.1. The molecule has 8 nitrogen and oxygen atoms in total. The van der Waals surface area contributed by atoms with Crippen molar-refractivity contribution in [3.05, 3.63) is 60.4 Å². The molecule has 0 spiro atoms. The van der Waals surface area contributed by atoms with Crippen LogP contribution in [0, 0.1) is 0 Å². The van der Waals surface area contributed by atoms with Crippen LogP contribution in [0.5, 0.6) is 0 Å². The lowest BCUT2D eigenvalue weighted by Gasteiger charge is -2.09. The highest BCUT2D eigenvalue weighted by Crippen LogP contribution is 2.21. The molecule has 138 valence electrons. The molecular formula is C19H19N5O3. The Labute approximate surface area is 156 Å². The first kappa shape index (κ1) is 18.3. The molecule has 4 N–H and O–H groups in total. The number of nitrogens with zero attached hydrogens (tertiary/aromatic N) is 3. The van der Waals surface area contributed by atoms with Crippen molar-refractivity contribution < 1.29 is 15.0 Å². The summed E-state index contributed by atoms with van der Waals surface area (Å²) in [6, 6.07) is 11.9. The van der Waals surface area contributed by atoms with Crippen LogP contribution in [0.2, 0.25) is 0 Å². The van der Waals surface area contributed by atoms with Crippen molar-refractivity contribution >= 4 is 23.4 Å². The minimum atomic E-state index is -0.994. The highest BCUT2D eigenvalue weighted by Gasteiger charge is 2.07. The number of carboxylic acid groups (broad SMARTS) is 1. The maximum absolute atomic E-state index is 11.1. The molecule has 1 aromatic carbocycles. The van der Waals surface area contributed by atoms with E-state index in [1.165, 1.54) is 12.1 Å². The van der Waals surface area contributed by atoms with Gasteiger partial charge in [0.25, 0.3) is 0 Å². The van der Waals surface area contributed by atoms with Gasteiger partial charge < -0.3 is 20.8 Å². The smallest absolute Gasteiger partial charge is 0.335 e. The number of rotatable bonds is 8. The number of anilines is 3. The van der Waals surface area contributed by atoms with Gasteiger partial charge in [-0.3, -0.25) is 0 Å². The number of pyridine rings is 1. The summed E-state index contributed by atoms with van der Waals surface area (Å²) in [5.41, 5.74) is 2.34. The SMILES string of the molecule is O=C(O)c1cccc(Nc2nccc(-c3ccnc(NCCCO)c3)n2)c1. The quantitative estimate of drug-likeness (QED) is 0.450. The number of aliphatic hydroxyl groups excluding tert-OH is 1. The predicted molar refractivity (Wildman–Crippen MR) is 102 cm³/mol. The Morgan fingerprint density at radius 1 is 1.07 bits per heavy atom. The van der Waals surface area contributed by atoms with Gasteiger partial charge in [0.15, 0.2) is 0 Å². The zero-order valence-electron chi connectivity index (χ0n) is 14.5. The second-order valence-electron chi connectivity index (χ2n) is 5.71. The third-order valence-corrected chi connectivity index (χ3v) is 3.72.